The maximum atomic E-state index is 12.8. The molecule has 17 heavy (non-hydrogen) atoms. The minimum absolute atomic E-state index is 0.0374. The highest BCUT2D eigenvalue weighted by atomic mass is 32.1. The first kappa shape index (κ1) is 11.8. The molecule has 88 valence electrons. The molecule has 2 N–H and O–H groups in total. The van der Waals surface area contributed by atoms with Gasteiger partial charge in [0.15, 0.2) is 5.78 Å². The van der Waals surface area contributed by atoms with Crippen LogP contribution in [0.2, 0.25) is 0 Å². The number of anilines is 1. The molecule has 1 aromatic carbocycles. The monoisotopic (exact) mass is 249 g/mol. The summed E-state index contributed by atoms with van der Waals surface area (Å²) in [6, 6.07) is 6.19. The van der Waals surface area contributed by atoms with E-state index in [4.69, 9.17) is 5.73 Å². The number of hydrogen-bond acceptors (Lipinski definition) is 3. The predicted molar refractivity (Wildman–Crippen MR) is 68.9 cm³/mol. The number of nitrogens with two attached hydrogens (primary N) is 1. The molecule has 0 saturated heterocycles. The summed E-state index contributed by atoms with van der Waals surface area (Å²) in [4.78, 5) is 12.4. The Kier molecular flexibility index (Phi) is 2.98. The van der Waals surface area contributed by atoms with Gasteiger partial charge in [0.25, 0.3) is 0 Å². The largest absolute Gasteiger partial charge is 0.390 e. The second-order valence-electron chi connectivity index (χ2n) is 3.86. The number of halogens is 1. The average molecular weight is 249 g/mol. The van der Waals surface area contributed by atoms with Gasteiger partial charge in [-0.1, -0.05) is 12.1 Å². The van der Waals surface area contributed by atoms with E-state index in [0.717, 1.165) is 16.0 Å². The molecule has 0 bridgehead atoms. The average Bonchev–Trinajstić information content (AvgIpc) is 2.55. The molecule has 0 fully saturated rings. The number of benzene rings is 1. The lowest BCUT2D eigenvalue weighted by Crippen LogP contribution is -1.97. The molecular formula is C13H12FNOS. The summed E-state index contributed by atoms with van der Waals surface area (Å²) in [5.74, 6) is -0.313. The highest BCUT2D eigenvalue weighted by Gasteiger charge is 2.17. The Morgan fingerprint density at radius 3 is 2.35 bits per heavy atom. The van der Waals surface area contributed by atoms with Crippen LogP contribution < -0.4 is 5.73 Å². The zero-order valence-corrected chi connectivity index (χ0v) is 10.4. The highest BCUT2D eigenvalue weighted by molar-refractivity contribution is 7.19. The van der Waals surface area contributed by atoms with Gasteiger partial charge in [0.2, 0.25) is 0 Å². The number of carbonyl (C=O) groups excluding carboxylic acids is 1. The summed E-state index contributed by atoms with van der Waals surface area (Å²) in [6.07, 6.45) is 0. The van der Waals surface area contributed by atoms with Crippen LogP contribution in [0.25, 0.3) is 10.4 Å². The molecular weight excluding hydrogens is 237 g/mol. The van der Waals surface area contributed by atoms with Gasteiger partial charge in [-0.25, -0.2) is 4.39 Å². The van der Waals surface area contributed by atoms with Crippen molar-refractivity contribution in [3.8, 4) is 10.4 Å². The zero-order chi connectivity index (χ0) is 12.6. The van der Waals surface area contributed by atoms with Gasteiger partial charge in [-0.2, -0.15) is 0 Å². The number of hydrogen-bond donors (Lipinski definition) is 1. The molecule has 0 atom stereocenters. The fraction of sp³-hybridized carbons (Fsp3) is 0.154. The van der Waals surface area contributed by atoms with Crippen LogP contribution in [-0.4, -0.2) is 5.78 Å². The molecule has 0 unspecified atom stereocenters. The van der Waals surface area contributed by atoms with E-state index in [2.05, 4.69) is 0 Å². The van der Waals surface area contributed by atoms with E-state index in [9.17, 15) is 9.18 Å². The summed E-state index contributed by atoms with van der Waals surface area (Å²) in [7, 11) is 0. The fourth-order valence-corrected chi connectivity index (χ4v) is 2.98. The van der Waals surface area contributed by atoms with E-state index in [1.165, 1.54) is 30.4 Å². The van der Waals surface area contributed by atoms with Gasteiger partial charge in [-0.05, 0) is 37.1 Å². The fourth-order valence-electron chi connectivity index (χ4n) is 1.85. The minimum atomic E-state index is -0.275. The van der Waals surface area contributed by atoms with Crippen LogP contribution in [0, 0.1) is 12.7 Å². The zero-order valence-electron chi connectivity index (χ0n) is 9.58. The van der Waals surface area contributed by atoms with Crippen molar-refractivity contribution in [1.29, 1.82) is 0 Å². The van der Waals surface area contributed by atoms with Gasteiger partial charge in [0, 0.05) is 4.88 Å². The molecule has 2 aromatic rings. The summed E-state index contributed by atoms with van der Waals surface area (Å²) in [5, 5.41) is 0.523. The molecule has 4 heteroatoms. The van der Waals surface area contributed by atoms with E-state index in [-0.39, 0.29) is 11.6 Å². The maximum Gasteiger partial charge on any atom is 0.163 e. The summed E-state index contributed by atoms with van der Waals surface area (Å²) in [5.41, 5.74) is 8.16. The van der Waals surface area contributed by atoms with Crippen molar-refractivity contribution in [1.82, 2.24) is 0 Å². The second kappa shape index (κ2) is 4.30. The smallest absolute Gasteiger partial charge is 0.163 e. The third kappa shape index (κ3) is 2.08. The molecule has 0 aliphatic carbocycles. The van der Waals surface area contributed by atoms with Gasteiger partial charge >= 0.3 is 0 Å². The van der Waals surface area contributed by atoms with E-state index < -0.39 is 0 Å². The topological polar surface area (TPSA) is 43.1 Å². The molecule has 0 amide bonds. The highest BCUT2D eigenvalue weighted by Crippen LogP contribution is 2.38. The van der Waals surface area contributed by atoms with Crippen LogP contribution in [0.5, 0.6) is 0 Å². The van der Waals surface area contributed by atoms with Crippen LogP contribution in [0.1, 0.15) is 22.8 Å². The van der Waals surface area contributed by atoms with Crippen LogP contribution in [-0.2, 0) is 0 Å². The maximum absolute atomic E-state index is 12.8. The van der Waals surface area contributed by atoms with Crippen molar-refractivity contribution in [2.75, 3.05) is 5.73 Å². The number of thiophene rings is 1. The van der Waals surface area contributed by atoms with E-state index >= 15 is 0 Å². The number of carbonyl (C=O) groups is 1. The minimum Gasteiger partial charge on any atom is -0.390 e. The standard InChI is InChI=1S/C13H12FNOS/c1-7-11(8(2)16)13(15)17-12(7)9-3-5-10(14)6-4-9/h3-6H,15H2,1-2H3. The first-order valence-electron chi connectivity index (χ1n) is 5.16. The summed E-state index contributed by atoms with van der Waals surface area (Å²) < 4.78 is 12.8. The Morgan fingerprint density at radius 2 is 1.88 bits per heavy atom. The van der Waals surface area contributed by atoms with E-state index in [0.29, 0.717) is 10.6 Å². The van der Waals surface area contributed by atoms with Crippen molar-refractivity contribution < 1.29 is 9.18 Å². The second-order valence-corrected chi connectivity index (χ2v) is 4.91. The quantitative estimate of drug-likeness (QED) is 0.825. The Hall–Kier alpha value is -1.68. The van der Waals surface area contributed by atoms with Gasteiger partial charge in [-0.3, -0.25) is 4.79 Å². The van der Waals surface area contributed by atoms with Crippen molar-refractivity contribution in [3.63, 3.8) is 0 Å². The van der Waals surface area contributed by atoms with Crippen LogP contribution in [0.3, 0.4) is 0 Å². The van der Waals surface area contributed by atoms with Gasteiger partial charge in [0.05, 0.1) is 10.6 Å². The van der Waals surface area contributed by atoms with E-state index in [1.807, 2.05) is 6.92 Å². The number of ketones is 1. The number of nitrogen functional groups attached to an aromatic ring is 1. The third-order valence-electron chi connectivity index (χ3n) is 2.63. The van der Waals surface area contributed by atoms with Crippen molar-refractivity contribution in [3.05, 3.63) is 41.2 Å². The summed E-state index contributed by atoms with van der Waals surface area (Å²) in [6.45, 7) is 3.36. The molecule has 2 rings (SSSR count). The summed E-state index contributed by atoms with van der Waals surface area (Å²) >= 11 is 1.36. The Labute approximate surface area is 103 Å². The molecule has 1 heterocycles. The van der Waals surface area contributed by atoms with Crippen LogP contribution >= 0.6 is 11.3 Å². The molecule has 1 aromatic heterocycles. The normalized spacial score (nSPS) is 10.5. The molecule has 0 radical (unpaired) electrons. The van der Waals surface area contributed by atoms with Crippen LogP contribution in [0.4, 0.5) is 9.39 Å². The van der Waals surface area contributed by atoms with Crippen molar-refractivity contribution >= 4 is 22.1 Å². The molecule has 0 saturated carbocycles. The molecule has 2 nitrogen and oxygen atoms in total. The third-order valence-corrected chi connectivity index (χ3v) is 3.80. The lowest BCUT2D eigenvalue weighted by molar-refractivity contribution is 0.101. The molecule has 0 aliphatic heterocycles. The lowest BCUT2D eigenvalue weighted by Gasteiger charge is -2.00. The molecule has 0 spiro atoms. The van der Waals surface area contributed by atoms with Crippen LogP contribution in [0.15, 0.2) is 24.3 Å². The first-order valence-corrected chi connectivity index (χ1v) is 5.98. The van der Waals surface area contributed by atoms with Gasteiger partial charge in [0.1, 0.15) is 5.82 Å². The van der Waals surface area contributed by atoms with Gasteiger partial charge in [-0.15, -0.1) is 11.3 Å². The first-order chi connectivity index (χ1) is 8.00. The number of rotatable bonds is 2. The Balaban J connectivity index is 2.57. The number of Topliss-reactive ketones (excluding diaryl/α,β-unsaturated/α-hetero) is 1. The van der Waals surface area contributed by atoms with Crippen molar-refractivity contribution in [2.24, 2.45) is 0 Å². The SMILES string of the molecule is CC(=O)c1c(N)sc(-c2ccc(F)cc2)c1C. The van der Waals surface area contributed by atoms with Crippen molar-refractivity contribution in [2.45, 2.75) is 13.8 Å². The lowest BCUT2D eigenvalue weighted by atomic mass is 10.0. The van der Waals surface area contributed by atoms with E-state index in [1.54, 1.807) is 12.1 Å². The Bertz CT molecular complexity index is 572. The predicted octanol–water partition coefficient (Wildman–Crippen LogP) is 3.65. The Morgan fingerprint density at radius 1 is 1.29 bits per heavy atom. The molecule has 0 aliphatic rings. The van der Waals surface area contributed by atoms with Gasteiger partial charge < -0.3 is 5.73 Å².